The van der Waals surface area contributed by atoms with Crippen LogP contribution in [0.5, 0.6) is 0 Å². The number of nitrogens with one attached hydrogen (secondary N) is 1. The van der Waals surface area contributed by atoms with Gasteiger partial charge in [0.25, 0.3) is 5.91 Å². The second-order valence-electron chi connectivity index (χ2n) is 6.23. The Hall–Kier alpha value is -2.13. The van der Waals surface area contributed by atoms with Crippen molar-refractivity contribution in [1.82, 2.24) is 10.2 Å². The quantitative estimate of drug-likeness (QED) is 0.832. The van der Waals surface area contributed by atoms with Crippen LogP contribution in [0.1, 0.15) is 46.5 Å². The molecule has 0 aliphatic carbocycles. The van der Waals surface area contributed by atoms with Gasteiger partial charge in [0.15, 0.2) is 0 Å². The Morgan fingerprint density at radius 1 is 1.00 bits per heavy atom. The Labute approximate surface area is 145 Å². The number of aryl methyl sites for hydroxylation is 2. The fraction of sp³-hybridized carbons (Fsp3) is 0.381. The van der Waals surface area contributed by atoms with Gasteiger partial charge in [-0.05, 0) is 49.7 Å². The van der Waals surface area contributed by atoms with Crippen molar-refractivity contribution in [3.05, 3.63) is 70.3 Å². The highest BCUT2D eigenvalue weighted by atomic mass is 16.1. The molecule has 2 aromatic carbocycles. The minimum atomic E-state index is -0.00570. The molecule has 128 valence electrons. The second-order valence-corrected chi connectivity index (χ2v) is 6.23. The minimum Gasteiger partial charge on any atom is -0.348 e. The van der Waals surface area contributed by atoms with E-state index in [4.69, 9.17) is 0 Å². The number of nitrogens with zero attached hydrogens (tertiary/aromatic N) is 1. The van der Waals surface area contributed by atoms with Crippen LogP contribution >= 0.6 is 0 Å². The molecule has 0 heterocycles. The lowest BCUT2D eigenvalue weighted by Crippen LogP contribution is -2.26. The molecule has 0 fully saturated rings. The van der Waals surface area contributed by atoms with Crippen LogP contribution in [-0.2, 0) is 13.1 Å². The van der Waals surface area contributed by atoms with Gasteiger partial charge in [-0.3, -0.25) is 9.69 Å². The summed E-state index contributed by atoms with van der Waals surface area (Å²) >= 11 is 0. The predicted octanol–water partition coefficient (Wildman–Crippen LogP) is 4.08. The SMILES string of the molecule is CCN(CC)Cc1ccccc1CNC(=O)c1cc(C)ccc1C. The standard InChI is InChI=1S/C21H28N2O/c1-5-23(6-2)15-19-10-8-7-9-18(19)14-22-21(24)20-13-16(3)11-12-17(20)4/h7-13H,5-6,14-15H2,1-4H3,(H,22,24). The predicted molar refractivity (Wildman–Crippen MR) is 100 cm³/mol. The summed E-state index contributed by atoms with van der Waals surface area (Å²) < 4.78 is 0. The van der Waals surface area contributed by atoms with Gasteiger partial charge in [0.05, 0.1) is 0 Å². The number of carbonyl (C=O) groups excluding carboxylic acids is 1. The van der Waals surface area contributed by atoms with E-state index in [2.05, 4.69) is 42.3 Å². The normalized spacial score (nSPS) is 10.9. The van der Waals surface area contributed by atoms with E-state index in [1.54, 1.807) is 0 Å². The number of hydrogen-bond donors (Lipinski definition) is 1. The molecule has 0 aliphatic heterocycles. The van der Waals surface area contributed by atoms with Crippen molar-refractivity contribution in [1.29, 1.82) is 0 Å². The lowest BCUT2D eigenvalue weighted by atomic mass is 10.0. The van der Waals surface area contributed by atoms with Gasteiger partial charge in [0.2, 0.25) is 0 Å². The number of amides is 1. The number of hydrogen-bond acceptors (Lipinski definition) is 2. The summed E-state index contributed by atoms with van der Waals surface area (Å²) in [4.78, 5) is 14.9. The van der Waals surface area contributed by atoms with Gasteiger partial charge in [-0.25, -0.2) is 0 Å². The fourth-order valence-corrected chi connectivity index (χ4v) is 2.82. The van der Waals surface area contributed by atoms with Crippen LogP contribution in [0.3, 0.4) is 0 Å². The second kappa shape index (κ2) is 8.65. The van der Waals surface area contributed by atoms with E-state index in [1.165, 1.54) is 11.1 Å². The molecule has 3 heteroatoms. The van der Waals surface area contributed by atoms with Crippen molar-refractivity contribution in [3.8, 4) is 0 Å². The van der Waals surface area contributed by atoms with Gasteiger partial charge in [-0.1, -0.05) is 55.8 Å². The number of benzene rings is 2. The van der Waals surface area contributed by atoms with E-state index < -0.39 is 0 Å². The van der Waals surface area contributed by atoms with Crippen LogP contribution in [-0.4, -0.2) is 23.9 Å². The zero-order chi connectivity index (χ0) is 17.5. The molecule has 0 radical (unpaired) electrons. The number of carbonyl (C=O) groups is 1. The molecule has 0 aromatic heterocycles. The Morgan fingerprint density at radius 3 is 2.33 bits per heavy atom. The van der Waals surface area contributed by atoms with E-state index in [-0.39, 0.29) is 5.91 Å². The fourth-order valence-electron chi connectivity index (χ4n) is 2.82. The molecule has 1 amide bonds. The third kappa shape index (κ3) is 4.68. The molecule has 2 rings (SSSR count). The lowest BCUT2D eigenvalue weighted by Gasteiger charge is -2.20. The van der Waals surface area contributed by atoms with Crippen LogP contribution in [0.15, 0.2) is 42.5 Å². The van der Waals surface area contributed by atoms with Crippen molar-refractivity contribution in [3.63, 3.8) is 0 Å². The maximum Gasteiger partial charge on any atom is 0.251 e. The molecule has 2 aromatic rings. The Morgan fingerprint density at radius 2 is 1.67 bits per heavy atom. The summed E-state index contributed by atoms with van der Waals surface area (Å²) in [6.45, 7) is 11.9. The van der Waals surface area contributed by atoms with Crippen LogP contribution in [0.25, 0.3) is 0 Å². The third-order valence-corrected chi connectivity index (χ3v) is 4.48. The van der Waals surface area contributed by atoms with Crippen molar-refractivity contribution < 1.29 is 4.79 Å². The zero-order valence-electron chi connectivity index (χ0n) is 15.2. The maximum atomic E-state index is 12.5. The minimum absolute atomic E-state index is 0.00570. The van der Waals surface area contributed by atoms with Crippen molar-refractivity contribution >= 4 is 5.91 Å². The first kappa shape index (κ1) is 18.2. The summed E-state index contributed by atoms with van der Waals surface area (Å²) in [5.41, 5.74) is 5.34. The largest absolute Gasteiger partial charge is 0.348 e. The molecule has 0 atom stereocenters. The Balaban J connectivity index is 2.09. The Kier molecular flexibility index (Phi) is 6.56. The van der Waals surface area contributed by atoms with Gasteiger partial charge >= 0.3 is 0 Å². The maximum absolute atomic E-state index is 12.5. The first-order valence-electron chi connectivity index (χ1n) is 8.69. The van der Waals surface area contributed by atoms with E-state index >= 15 is 0 Å². The van der Waals surface area contributed by atoms with Crippen molar-refractivity contribution in [2.24, 2.45) is 0 Å². The van der Waals surface area contributed by atoms with Crippen LogP contribution < -0.4 is 5.32 Å². The van der Waals surface area contributed by atoms with Gasteiger partial charge in [0.1, 0.15) is 0 Å². The summed E-state index contributed by atoms with van der Waals surface area (Å²) in [6, 6.07) is 14.3. The van der Waals surface area contributed by atoms with Crippen molar-refractivity contribution in [2.75, 3.05) is 13.1 Å². The third-order valence-electron chi connectivity index (χ3n) is 4.48. The summed E-state index contributed by atoms with van der Waals surface area (Å²) in [5, 5.41) is 3.08. The smallest absolute Gasteiger partial charge is 0.251 e. The molecule has 0 saturated heterocycles. The highest BCUT2D eigenvalue weighted by Gasteiger charge is 2.11. The molecular weight excluding hydrogens is 296 g/mol. The molecule has 24 heavy (non-hydrogen) atoms. The van der Waals surface area contributed by atoms with Gasteiger partial charge in [-0.15, -0.1) is 0 Å². The summed E-state index contributed by atoms with van der Waals surface area (Å²) in [7, 11) is 0. The average Bonchev–Trinajstić information content (AvgIpc) is 2.60. The van der Waals surface area contributed by atoms with Crippen LogP contribution in [0.4, 0.5) is 0 Å². The molecule has 1 N–H and O–H groups in total. The van der Waals surface area contributed by atoms with Gasteiger partial charge in [0, 0.05) is 18.7 Å². The van der Waals surface area contributed by atoms with E-state index in [0.29, 0.717) is 6.54 Å². The highest BCUT2D eigenvalue weighted by molar-refractivity contribution is 5.95. The van der Waals surface area contributed by atoms with Gasteiger partial charge in [-0.2, -0.15) is 0 Å². The highest BCUT2D eigenvalue weighted by Crippen LogP contribution is 2.14. The summed E-state index contributed by atoms with van der Waals surface area (Å²) in [5.74, 6) is -0.00570. The molecule has 0 unspecified atom stereocenters. The van der Waals surface area contributed by atoms with E-state index in [0.717, 1.165) is 36.3 Å². The van der Waals surface area contributed by atoms with Crippen LogP contribution in [0, 0.1) is 13.8 Å². The van der Waals surface area contributed by atoms with E-state index in [1.807, 2.05) is 38.1 Å². The van der Waals surface area contributed by atoms with Gasteiger partial charge < -0.3 is 5.32 Å². The first-order chi connectivity index (χ1) is 11.5. The topological polar surface area (TPSA) is 32.3 Å². The Bertz CT molecular complexity index is 690. The molecule has 0 aliphatic rings. The zero-order valence-corrected chi connectivity index (χ0v) is 15.2. The molecule has 3 nitrogen and oxygen atoms in total. The molecule has 0 saturated carbocycles. The van der Waals surface area contributed by atoms with Crippen LogP contribution in [0.2, 0.25) is 0 Å². The summed E-state index contributed by atoms with van der Waals surface area (Å²) in [6.07, 6.45) is 0. The number of rotatable bonds is 7. The first-order valence-corrected chi connectivity index (χ1v) is 8.69. The molecule has 0 bridgehead atoms. The molecule has 0 spiro atoms. The average molecular weight is 324 g/mol. The van der Waals surface area contributed by atoms with Crippen molar-refractivity contribution in [2.45, 2.75) is 40.8 Å². The molecular formula is C21H28N2O. The van der Waals surface area contributed by atoms with E-state index in [9.17, 15) is 4.79 Å². The monoisotopic (exact) mass is 324 g/mol. The lowest BCUT2D eigenvalue weighted by molar-refractivity contribution is 0.0950.